The second-order valence-electron chi connectivity index (χ2n) is 3.86. The van der Waals surface area contributed by atoms with Gasteiger partial charge in [0.05, 0.1) is 0 Å². The van der Waals surface area contributed by atoms with Gasteiger partial charge in [-0.3, -0.25) is 33.6 Å². The van der Waals surface area contributed by atoms with Crippen molar-refractivity contribution in [3.63, 3.8) is 0 Å². The second kappa shape index (κ2) is 39.4. The molecule has 0 amide bonds. The minimum Gasteiger partial charge on any atom is -0.481 e. The number of carboxylic acid groups (broad SMARTS) is 7. The number of carbonyl (C=O) groups is 7. The standard InChI is InChI=1S/C3H6O2.6C2H4O2/c1-2-3(4)5;6*1-2(3)4/h2H2,1H3,(H,4,5);6*1H3,(H,3,4). The van der Waals surface area contributed by atoms with Crippen LogP contribution in [0.3, 0.4) is 0 Å². The molecule has 0 bridgehead atoms. The highest BCUT2D eigenvalue weighted by molar-refractivity contribution is 5.66. The van der Waals surface area contributed by atoms with Crippen LogP contribution in [0.25, 0.3) is 0 Å². The molecule has 0 aliphatic rings. The summed E-state index contributed by atoms with van der Waals surface area (Å²) < 4.78 is 0. The second-order valence-corrected chi connectivity index (χ2v) is 3.86. The fourth-order valence-electron chi connectivity index (χ4n) is 0. The largest absolute Gasteiger partial charge is 0.481 e. The molecule has 0 fully saturated rings. The molecule has 14 heteroatoms. The monoisotopic (exact) mass is 434 g/mol. The van der Waals surface area contributed by atoms with Crippen molar-refractivity contribution in [2.75, 3.05) is 0 Å². The van der Waals surface area contributed by atoms with Crippen LogP contribution in [-0.2, 0) is 33.6 Å². The van der Waals surface area contributed by atoms with E-state index in [-0.39, 0.29) is 6.42 Å². The Morgan fingerprint density at radius 1 is 0.414 bits per heavy atom. The summed E-state index contributed by atoms with van der Waals surface area (Å²) >= 11 is 0. The minimum atomic E-state index is -0.833. The number of hydrogen-bond donors (Lipinski definition) is 7. The Kier molecular flexibility index (Phi) is 60.6. The van der Waals surface area contributed by atoms with E-state index in [0.717, 1.165) is 41.5 Å². The molecule has 0 aromatic carbocycles. The molecule has 0 unspecified atom stereocenters. The van der Waals surface area contributed by atoms with Crippen LogP contribution in [0, 0.1) is 0 Å². The average molecular weight is 434 g/mol. The molecule has 14 nitrogen and oxygen atoms in total. The van der Waals surface area contributed by atoms with E-state index in [1.165, 1.54) is 0 Å². The van der Waals surface area contributed by atoms with Crippen molar-refractivity contribution < 1.29 is 69.3 Å². The smallest absolute Gasteiger partial charge is 0.303 e. The lowest BCUT2D eigenvalue weighted by atomic mass is 10.5. The topological polar surface area (TPSA) is 261 Å². The predicted molar refractivity (Wildman–Crippen MR) is 97.8 cm³/mol. The zero-order chi connectivity index (χ0) is 25.7. The lowest BCUT2D eigenvalue weighted by Crippen LogP contribution is -1.86. The lowest BCUT2D eigenvalue weighted by molar-refractivity contribution is -0.137. The Morgan fingerprint density at radius 2 is 0.448 bits per heavy atom. The van der Waals surface area contributed by atoms with Gasteiger partial charge >= 0.3 is 5.97 Å². The summed E-state index contributed by atoms with van der Waals surface area (Å²) in [6.45, 7) is 8.10. The van der Waals surface area contributed by atoms with Gasteiger partial charge in [-0.1, -0.05) is 6.92 Å². The van der Waals surface area contributed by atoms with Gasteiger partial charge in [-0.15, -0.1) is 0 Å². The van der Waals surface area contributed by atoms with E-state index in [1.807, 2.05) is 0 Å². The normalized spacial score (nSPS) is 6.45. The van der Waals surface area contributed by atoms with Gasteiger partial charge in [0, 0.05) is 48.0 Å². The highest BCUT2D eigenvalue weighted by Gasteiger charge is 1.80. The molecule has 29 heavy (non-hydrogen) atoms. The highest BCUT2D eigenvalue weighted by Crippen LogP contribution is 1.67. The first-order valence-corrected chi connectivity index (χ1v) is 7.05. The molecule has 0 saturated carbocycles. The molecule has 0 spiro atoms. The van der Waals surface area contributed by atoms with Gasteiger partial charge in [0.25, 0.3) is 35.8 Å². The van der Waals surface area contributed by atoms with E-state index in [1.54, 1.807) is 6.92 Å². The van der Waals surface area contributed by atoms with Crippen molar-refractivity contribution in [3.05, 3.63) is 0 Å². The van der Waals surface area contributed by atoms with Gasteiger partial charge in [-0.05, 0) is 0 Å². The molecule has 0 aliphatic carbocycles. The van der Waals surface area contributed by atoms with E-state index in [4.69, 9.17) is 64.5 Å². The van der Waals surface area contributed by atoms with Crippen LogP contribution >= 0.6 is 0 Å². The van der Waals surface area contributed by atoms with Crippen molar-refractivity contribution in [3.8, 4) is 0 Å². The fraction of sp³-hybridized carbons (Fsp3) is 0.533. The maximum Gasteiger partial charge on any atom is 0.303 e. The maximum atomic E-state index is 9.37. The number of aliphatic carboxylic acids is 7. The summed E-state index contributed by atoms with van der Waals surface area (Å²) in [5, 5.41) is 52.2. The van der Waals surface area contributed by atoms with Crippen LogP contribution in [0.2, 0.25) is 0 Å². The Hall–Kier alpha value is -3.71. The molecule has 174 valence electrons. The molecule has 0 aliphatic heterocycles. The average Bonchev–Trinajstić information content (AvgIpc) is 2.34. The Morgan fingerprint density at radius 3 is 0.448 bits per heavy atom. The third kappa shape index (κ3) is 4130. The zero-order valence-corrected chi connectivity index (χ0v) is 17.2. The van der Waals surface area contributed by atoms with Crippen LogP contribution < -0.4 is 0 Å². The van der Waals surface area contributed by atoms with E-state index < -0.39 is 41.8 Å². The van der Waals surface area contributed by atoms with Crippen LogP contribution in [-0.4, -0.2) is 77.5 Å². The predicted octanol–water partition coefficient (Wildman–Crippen LogP) is 1.03. The number of carboxylic acids is 7. The SMILES string of the molecule is CC(=O)O.CC(=O)O.CC(=O)O.CC(=O)O.CC(=O)O.CC(=O)O.CCC(=O)O. The molecule has 0 saturated heterocycles. The third-order valence-electron chi connectivity index (χ3n) is 0.302. The zero-order valence-electron chi connectivity index (χ0n) is 17.2. The van der Waals surface area contributed by atoms with Crippen molar-refractivity contribution in [2.24, 2.45) is 0 Å². The van der Waals surface area contributed by atoms with Crippen molar-refractivity contribution in [2.45, 2.75) is 54.9 Å². The maximum absolute atomic E-state index is 9.37. The van der Waals surface area contributed by atoms with Crippen LogP contribution in [0.1, 0.15) is 54.9 Å². The Balaban J connectivity index is -0.0000000390. The van der Waals surface area contributed by atoms with Crippen molar-refractivity contribution in [1.29, 1.82) is 0 Å². The molecule has 0 atom stereocenters. The van der Waals surface area contributed by atoms with Gasteiger partial charge < -0.3 is 35.7 Å². The van der Waals surface area contributed by atoms with Gasteiger partial charge in [-0.25, -0.2) is 0 Å². The summed E-state index contributed by atoms with van der Waals surface area (Å²) in [6.07, 6.45) is 0.222. The third-order valence-corrected chi connectivity index (χ3v) is 0.302. The minimum absolute atomic E-state index is 0.222. The first-order chi connectivity index (χ1) is 12.7. The Labute approximate surface area is 167 Å². The van der Waals surface area contributed by atoms with Crippen molar-refractivity contribution in [1.82, 2.24) is 0 Å². The van der Waals surface area contributed by atoms with Crippen LogP contribution in [0.15, 0.2) is 0 Å². The molecule has 0 rings (SSSR count). The summed E-state index contributed by atoms with van der Waals surface area (Å²) in [5.74, 6) is -5.75. The molecule has 0 heterocycles. The van der Waals surface area contributed by atoms with Gasteiger partial charge in [0.15, 0.2) is 0 Å². The van der Waals surface area contributed by atoms with Crippen molar-refractivity contribution >= 4 is 41.8 Å². The van der Waals surface area contributed by atoms with Gasteiger partial charge in [0.2, 0.25) is 0 Å². The van der Waals surface area contributed by atoms with Gasteiger partial charge in [0.1, 0.15) is 0 Å². The Bertz CT molecular complexity index is 351. The van der Waals surface area contributed by atoms with E-state index in [2.05, 4.69) is 0 Å². The molecule has 7 N–H and O–H groups in total. The summed E-state index contributed by atoms with van der Waals surface area (Å²) in [5.41, 5.74) is 0. The number of hydrogen-bond acceptors (Lipinski definition) is 7. The van der Waals surface area contributed by atoms with E-state index in [0.29, 0.717) is 0 Å². The molecular weight excluding hydrogens is 404 g/mol. The van der Waals surface area contributed by atoms with Crippen LogP contribution in [0.4, 0.5) is 0 Å². The molecule has 0 aromatic rings. The molecule has 0 radical (unpaired) electrons. The van der Waals surface area contributed by atoms with E-state index in [9.17, 15) is 4.79 Å². The summed E-state index contributed by atoms with van der Waals surface area (Å²) in [4.78, 5) is 63.4. The van der Waals surface area contributed by atoms with E-state index >= 15 is 0 Å². The van der Waals surface area contributed by atoms with Crippen LogP contribution in [0.5, 0.6) is 0 Å². The molecule has 0 aromatic heterocycles. The quantitative estimate of drug-likeness (QED) is 0.304. The first kappa shape index (κ1) is 44.6. The lowest BCUT2D eigenvalue weighted by Gasteiger charge is -1.71. The highest BCUT2D eigenvalue weighted by atomic mass is 16.4. The molecular formula is C15H30O14. The number of rotatable bonds is 1. The van der Waals surface area contributed by atoms with Gasteiger partial charge in [-0.2, -0.15) is 0 Å². The first-order valence-electron chi connectivity index (χ1n) is 7.05. The fourth-order valence-corrected chi connectivity index (χ4v) is 0. The summed E-state index contributed by atoms with van der Waals surface area (Å²) in [6, 6.07) is 0. The summed E-state index contributed by atoms with van der Waals surface area (Å²) in [7, 11) is 0.